The van der Waals surface area contributed by atoms with E-state index in [4.69, 9.17) is 5.73 Å². The van der Waals surface area contributed by atoms with Gasteiger partial charge in [-0.3, -0.25) is 0 Å². The summed E-state index contributed by atoms with van der Waals surface area (Å²) in [6, 6.07) is 12.8. The van der Waals surface area contributed by atoms with Crippen LogP contribution in [-0.4, -0.2) is 18.1 Å². The van der Waals surface area contributed by atoms with E-state index in [2.05, 4.69) is 15.9 Å². The monoisotopic (exact) mass is 334 g/mol. The second-order valence-electron chi connectivity index (χ2n) is 4.53. The first-order valence-electron chi connectivity index (χ1n) is 6.06. The lowest BCUT2D eigenvalue weighted by Gasteiger charge is -2.22. The third kappa shape index (κ3) is 3.11. The second kappa shape index (κ2) is 5.96. The Bertz CT molecular complexity index is 644. The van der Waals surface area contributed by atoms with Gasteiger partial charge in [-0.25, -0.2) is 4.79 Å². The third-order valence-corrected chi connectivity index (χ3v) is 3.80. The van der Waals surface area contributed by atoms with Gasteiger partial charge in [0.1, 0.15) is 0 Å². The number of nitrogens with two attached hydrogens (primary N) is 1. The molecule has 0 atom stereocenters. The lowest BCUT2D eigenvalue weighted by molar-refractivity contribution is 0.0697. The van der Waals surface area contributed by atoms with Crippen molar-refractivity contribution in [1.29, 1.82) is 0 Å². The Kier molecular flexibility index (Phi) is 4.29. The van der Waals surface area contributed by atoms with Crippen molar-refractivity contribution in [2.45, 2.75) is 6.54 Å². The van der Waals surface area contributed by atoms with Crippen LogP contribution in [0.5, 0.6) is 0 Å². The summed E-state index contributed by atoms with van der Waals surface area (Å²) in [6.45, 7) is 0.603. The number of carboxylic acids is 1. The minimum absolute atomic E-state index is 0.208. The number of aromatic carboxylic acids is 1. The first-order valence-corrected chi connectivity index (χ1v) is 6.85. The number of nitrogens with zero attached hydrogens (tertiary/aromatic N) is 1. The quantitative estimate of drug-likeness (QED) is 0.841. The van der Waals surface area contributed by atoms with Crippen molar-refractivity contribution in [2.75, 3.05) is 17.7 Å². The summed E-state index contributed by atoms with van der Waals surface area (Å²) >= 11 is 3.49. The van der Waals surface area contributed by atoms with Crippen LogP contribution in [0.25, 0.3) is 0 Å². The smallest absolute Gasteiger partial charge is 0.337 e. The standard InChI is InChI=1S/C15H15BrN2O2/c1-18(9-10-4-2-3-5-13(10)16)14-7-6-11(17)8-12(14)15(19)20/h2-8H,9,17H2,1H3,(H,19,20). The van der Waals surface area contributed by atoms with Gasteiger partial charge in [-0.05, 0) is 29.8 Å². The molecule has 0 radical (unpaired) electrons. The van der Waals surface area contributed by atoms with Crippen LogP contribution in [-0.2, 0) is 6.54 Å². The largest absolute Gasteiger partial charge is 0.478 e. The lowest BCUT2D eigenvalue weighted by atomic mass is 10.1. The molecular weight excluding hydrogens is 320 g/mol. The molecule has 0 amide bonds. The summed E-state index contributed by atoms with van der Waals surface area (Å²) in [4.78, 5) is 13.2. The van der Waals surface area contributed by atoms with Gasteiger partial charge in [-0.15, -0.1) is 0 Å². The number of benzene rings is 2. The number of halogens is 1. The van der Waals surface area contributed by atoms with Crippen LogP contribution in [0.15, 0.2) is 46.9 Å². The molecule has 0 aromatic heterocycles. The van der Waals surface area contributed by atoms with Crippen molar-refractivity contribution >= 4 is 33.3 Å². The van der Waals surface area contributed by atoms with Crippen LogP contribution >= 0.6 is 15.9 Å². The molecule has 0 spiro atoms. The molecule has 0 saturated carbocycles. The van der Waals surface area contributed by atoms with Gasteiger partial charge in [0.2, 0.25) is 0 Å². The molecule has 0 bridgehead atoms. The highest BCUT2D eigenvalue weighted by Gasteiger charge is 2.14. The molecule has 2 rings (SSSR count). The van der Waals surface area contributed by atoms with Crippen molar-refractivity contribution in [3.8, 4) is 0 Å². The van der Waals surface area contributed by atoms with Gasteiger partial charge >= 0.3 is 5.97 Å². The number of anilines is 2. The maximum atomic E-state index is 11.3. The number of rotatable bonds is 4. The highest BCUT2D eigenvalue weighted by Crippen LogP contribution is 2.25. The maximum Gasteiger partial charge on any atom is 0.337 e. The Hall–Kier alpha value is -2.01. The van der Waals surface area contributed by atoms with Crippen LogP contribution in [0.4, 0.5) is 11.4 Å². The topological polar surface area (TPSA) is 66.6 Å². The van der Waals surface area contributed by atoms with Gasteiger partial charge in [0.05, 0.1) is 11.3 Å². The highest BCUT2D eigenvalue weighted by atomic mass is 79.9. The second-order valence-corrected chi connectivity index (χ2v) is 5.38. The van der Waals surface area contributed by atoms with Gasteiger partial charge < -0.3 is 15.7 Å². The minimum atomic E-state index is -0.980. The highest BCUT2D eigenvalue weighted by molar-refractivity contribution is 9.10. The zero-order valence-corrected chi connectivity index (χ0v) is 12.6. The van der Waals surface area contributed by atoms with Gasteiger partial charge in [0.25, 0.3) is 0 Å². The Morgan fingerprint density at radius 2 is 2.00 bits per heavy atom. The molecule has 0 aliphatic carbocycles. The van der Waals surface area contributed by atoms with E-state index in [1.165, 1.54) is 6.07 Å². The van der Waals surface area contributed by atoms with E-state index in [-0.39, 0.29) is 5.56 Å². The average molecular weight is 335 g/mol. The van der Waals surface area contributed by atoms with E-state index in [9.17, 15) is 9.90 Å². The van der Waals surface area contributed by atoms with Crippen molar-refractivity contribution < 1.29 is 9.90 Å². The molecule has 0 saturated heterocycles. The first-order chi connectivity index (χ1) is 9.49. The Balaban J connectivity index is 2.32. The number of carbonyl (C=O) groups is 1. The summed E-state index contributed by atoms with van der Waals surface area (Å²) in [7, 11) is 1.86. The van der Waals surface area contributed by atoms with Crippen LogP contribution in [0.3, 0.4) is 0 Å². The molecule has 0 aliphatic rings. The molecule has 4 nitrogen and oxygen atoms in total. The van der Waals surface area contributed by atoms with Gasteiger partial charge in [-0.1, -0.05) is 34.1 Å². The number of hydrogen-bond acceptors (Lipinski definition) is 3. The van der Waals surface area contributed by atoms with E-state index in [1.54, 1.807) is 12.1 Å². The fourth-order valence-corrected chi connectivity index (χ4v) is 2.44. The lowest BCUT2D eigenvalue weighted by Crippen LogP contribution is -2.19. The molecule has 0 aliphatic heterocycles. The van der Waals surface area contributed by atoms with Crippen molar-refractivity contribution in [2.24, 2.45) is 0 Å². The Labute approximate surface area is 126 Å². The molecule has 20 heavy (non-hydrogen) atoms. The summed E-state index contributed by atoms with van der Waals surface area (Å²) in [5.74, 6) is -0.980. The molecule has 0 fully saturated rings. The summed E-state index contributed by atoms with van der Waals surface area (Å²) in [6.07, 6.45) is 0. The third-order valence-electron chi connectivity index (χ3n) is 3.03. The van der Waals surface area contributed by atoms with E-state index in [1.807, 2.05) is 36.2 Å². The van der Waals surface area contributed by atoms with E-state index >= 15 is 0 Å². The normalized spacial score (nSPS) is 10.3. The summed E-state index contributed by atoms with van der Waals surface area (Å²) in [5, 5.41) is 9.27. The molecule has 104 valence electrons. The fourth-order valence-electron chi connectivity index (χ4n) is 2.03. The number of hydrogen-bond donors (Lipinski definition) is 2. The zero-order valence-electron chi connectivity index (χ0n) is 11.0. The van der Waals surface area contributed by atoms with Crippen molar-refractivity contribution in [3.63, 3.8) is 0 Å². The Morgan fingerprint density at radius 1 is 1.30 bits per heavy atom. The van der Waals surface area contributed by atoms with Crippen LogP contribution in [0.1, 0.15) is 15.9 Å². The Morgan fingerprint density at radius 3 is 2.65 bits per heavy atom. The van der Waals surface area contributed by atoms with Gasteiger partial charge in [0, 0.05) is 23.8 Å². The molecule has 3 N–H and O–H groups in total. The maximum absolute atomic E-state index is 11.3. The number of nitrogen functional groups attached to an aromatic ring is 1. The molecule has 0 heterocycles. The predicted molar refractivity (Wildman–Crippen MR) is 84.1 cm³/mol. The molecule has 0 unspecified atom stereocenters. The summed E-state index contributed by atoms with van der Waals surface area (Å²) in [5.41, 5.74) is 8.03. The van der Waals surface area contributed by atoms with E-state index in [0.29, 0.717) is 17.9 Å². The molecular formula is C15H15BrN2O2. The zero-order chi connectivity index (χ0) is 14.7. The van der Waals surface area contributed by atoms with E-state index < -0.39 is 5.97 Å². The van der Waals surface area contributed by atoms with Crippen LogP contribution in [0, 0.1) is 0 Å². The fraction of sp³-hybridized carbons (Fsp3) is 0.133. The molecule has 2 aromatic rings. The average Bonchev–Trinajstić information content (AvgIpc) is 2.41. The molecule has 2 aromatic carbocycles. The van der Waals surface area contributed by atoms with Crippen molar-refractivity contribution in [1.82, 2.24) is 0 Å². The van der Waals surface area contributed by atoms with Crippen molar-refractivity contribution in [3.05, 3.63) is 58.1 Å². The van der Waals surface area contributed by atoms with Gasteiger partial charge in [-0.2, -0.15) is 0 Å². The number of carboxylic acid groups (broad SMARTS) is 1. The summed E-state index contributed by atoms with van der Waals surface area (Å²) < 4.78 is 0.999. The predicted octanol–water partition coefficient (Wildman–Crippen LogP) is 3.37. The minimum Gasteiger partial charge on any atom is -0.478 e. The SMILES string of the molecule is CN(Cc1ccccc1Br)c1ccc(N)cc1C(=O)O. The first kappa shape index (κ1) is 14.4. The van der Waals surface area contributed by atoms with Crippen LogP contribution < -0.4 is 10.6 Å². The van der Waals surface area contributed by atoms with Crippen LogP contribution in [0.2, 0.25) is 0 Å². The van der Waals surface area contributed by atoms with E-state index in [0.717, 1.165) is 10.0 Å². The molecule has 5 heteroatoms. The van der Waals surface area contributed by atoms with Gasteiger partial charge in [0.15, 0.2) is 0 Å².